The van der Waals surface area contributed by atoms with E-state index in [-0.39, 0.29) is 0 Å². The third kappa shape index (κ3) is 0.990. The Morgan fingerprint density at radius 2 is 2.14 bits per heavy atom. The van der Waals surface area contributed by atoms with Crippen LogP contribution in [0.5, 0.6) is 0 Å². The molecule has 0 saturated heterocycles. The number of aromatic nitrogens is 1. The van der Waals surface area contributed by atoms with Crippen molar-refractivity contribution in [3.05, 3.63) is 54.6 Å². The van der Waals surface area contributed by atoms with Crippen molar-refractivity contribution < 1.29 is 0 Å². The molecule has 0 saturated carbocycles. The van der Waals surface area contributed by atoms with Gasteiger partial charge in [-0.1, -0.05) is 18.2 Å². The van der Waals surface area contributed by atoms with Crippen LogP contribution in [0.3, 0.4) is 0 Å². The standard InChI is InChI=1S/C13H9N/c1-2-7-12-10-11-6-3-4-8-13(11)14(12)9-5-1/h1-4,6-10H/q-2. The van der Waals surface area contributed by atoms with E-state index < -0.39 is 0 Å². The molecule has 1 aromatic heterocycles. The molecule has 0 spiro atoms. The average Bonchev–Trinajstić information content (AvgIpc) is 2.42. The Kier molecular flexibility index (Phi) is 1.51. The molecule has 0 fully saturated rings. The maximum atomic E-state index is 3.11. The molecular weight excluding hydrogens is 170 g/mol. The topological polar surface area (TPSA) is 4.93 Å². The zero-order chi connectivity index (χ0) is 9.38. The number of benzene rings is 1. The van der Waals surface area contributed by atoms with Gasteiger partial charge in [-0.2, -0.15) is 6.20 Å². The monoisotopic (exact) mass is 179 g/mol. The van der Waals surface area contributed by atoms with E-state index >= 15 is 0 Å². The van der Waals surface area contributed by atoms with Gasteiger partial charge in [0.25, 0.3) is 0 Å². The second kappa shape index (κ2) is 2.81. The molecule has 1 aromatic carbocycles. The van der Waals surface area contributed by atoms with E-state index in [9.17, 15) is 0 Å². The number of hydrogen-bond donors (Lipinski definition) is 0. The Morgan fingerprint density at radius 3 is 3.14 bits per heavy atom. The normalized spacial score (nSPS) is 13.7. The maximum Gasteiger partial charge on any atom is 0.0391 e. The zero-order valence-corrected chi connectivity index (χ0v) is 7.64. The third-order valence-corrected chi connectivity index (χ3v) is 2.44. The van der Waals surface area contributed by atoms with Gasteiger partial charge in [0.05, 0.1) is 0 Å². The molecule has 0 atom stereocenters. The van der Waals surface area contributed by atoms with E-state index in [4.69, 9.17) is 0 Å². The van der Waals surface area contributed by atoms with Crippen LogP contribution in [0.1, 0.15) is 5.69 Å². The molecule has 1 heteroatoms. The van der Waals surface area contributed by atoms with Gasteiger partial charge < -0.3 is 23.1 Å². The first-order chi connectivity index (χ1) is 6.95. The van der Waals surface area contributed by atoms with Crippen molar-refractivity contribution in [3.8, 4) is 0 Å². The lowest BCUT2D eigenvalue weighted by molar-refractivity contribution is 1.20. The van der Waals surface area contributed by atoms with Crippen LogP contribution in [0.4, 0.5) is 0 Å². The molecule has 1 aliphatic rings. The number of hydrogen-bond acceptors (Lipinski definition) is 0. The first-order valence-corrected chi connectivity index (χ1v) is 4.64. The zero-order valence-electron chi connectivity index (χ0n) is 7.64. The number of para-hydroxylation sites is 1. The van der Waals surface area contributed by atoms with Crippen LogP contribution in [-0.4, -0.2) is 4.57 Å². The molecule has 1 nitrogen and oxygen atoms in total. The molecule has 0 unspecified atom stereocenters. The summed E-state index contributed by atoms with van der Waals surface area (Å²) in [7, 11) is 0. The van der Waals surface area contributed by atoms with Crippen LogP contribution < -0.4 is 0 Å². The average molecular weight is 179 g/mol. The highest BCUT2D eigenvalue weighted by Gasteiger charge is 1.97. The molecule has 68 valence electrons. The molecular formula is C13H9N-2. The Balaban J connectivity index is 2.41. The highest BCUT2D eigenvalue weighted by molar-refractivity contribution is 5.86. The fraction of sp³-hybridized carbons (Fsp3) is 0. The minimum absolute atomic E-state index is 1.20. The van der Waals surface area contributed by atoms with E-state index in [0.29, 0.717) is 0 Å². The maximum absolute atomic E-state index is 3.11. The van der Waals surface area contributed by atoms with Crippen molar-refractivity contribution in [1.29, 1.82) is 0 Å². The summed E-state index contributed by atoms with van der Waals surface area (Å²) in [6.45, 7) is 0. The van der Waals surface area contributed by atoms with Gasteiger partial charge in [0.1, 0.15) is 0 Å². The number of nitrogens with zero attached hydrogens (tertiary/aromatic N) is 1. The second-order valence-electron chi connectivity index (χ2n) is 3.32. The SMILES string of the molecule is [C-]1=Cn2c(cc3ccccc32)C=C[CH-]1. The summed E-state index contributed by atoms with van der Waals surface area (Å²) < 4.78 is 2.15. The number of fused-ring (bicyclic) bond motifs is 3. The van der Waals surface area contributed by atoms with Gasteiger partial charge in [0.2, 0.25) is 0 Å². The number of rotatable bonds is 0. The van der Waals surface area contributed by atoms with Gasteiger partial charge in [-0.05, 0) is 23.2 Å². The van der Waals surface area contributed by atoms with Gasteiger partial charge in [-0.3, -0.25) is 0 Å². The molecule has 1 aliphatic heterocycles. The van der Waals surface area contributed by atoms with E-state index in [1.165, 1.54) is 16.6 Å². The summed E-state index contributed by atoms with van der Waals surface area (Å²) in [4.78, 5) is 0. The van der Waals surface area contributed by atoms with Crippen LogP contribution in [0.25, 0.3) is 23.2 Å². The van der Waals surface area contributed by atoms with Gasteiger partial charge in [0, 0.05) is 5.52 Å². The highest BCUT2D eigenvalue weighted by atomic mass is 15.0. The quantitative estimate of drug-likeness (QED) is 0.547. The van der Waals surface area contributed by atoms with E-state index in [1.54, 1.807) is 0 Å². The van der Waals surface area contributed by atoms with Crippen molar-refractivity contribution in [1.82, 2.24) is 4.57 Å². The fourth-order valence-electron chi connectivity index (χ4n) is 1.79. The predicted molar refractivity (Wildman–Crippen MR) is 59.3 cm³/mol. The Morgan fingerprint density at radius 1 is 1.21 bits per heavy atom. The first-order valence-electron chi connectivity index (χ1n) is 4.64. The van der Waals surface area contributed by atoms with Crippen LogP contribution in [-0.2, 0) is 0 Å². The molecule has 3 rings (SSSR count). The van der Waals surface area contributed by atoms with E-state index in [1.807, 2.05) is 18.7 Å². The van der Waals surface area contributed by atoms with Crippen LogP contribution in [0.15, 0.2) is 36.4 Å². The molecule has 2 aromatic rings. The predicted octanol–water partition coefficient (Wildman–Crippen LogP) is 3.15. The summed E-state index contributed by atoms with van der Waals surface area (Å²) in [5, 5.41) is 1.27. The lowest BCUT2D eigenvalue weighted by Crippen LogP contribution is -1.86. The van der Waals surface area contributed by atoms with E-state index in [0.717, 1.165) is 0 Å². The summed E-state index contributed by atoms with van der Waals surface area (Å²) in [6.07, 6.45) is 11.1. The van der Waals surface area contributed by atoms with Crippen molar-refractivity contribution in [2.24, 2.45) is 0 Å². The van der Waals surface area contributed by atoms with Crippen molar-refractivity contribution in [2.45, 2.75) is 0 Å². The Bertz CT molecular complexity index is 529. The molecule has 2 heterocycles. The van der Waals surface area contributed by atoms with E-state index in [2.05, 4.69) is 47.1 Å². The van der Waals surface area contributed by atoms with Gasteiger partial charge in [0.15, 0.2) is 0 Å². The van der Waals surface area contributed by atoms with Crippen molar-refractivity contribution in [3.63, 3.8) is 0 Å². The summed E-state index contributed by atoms with van der Waals surface area (Å²) >= 11 is 0. The lowest BCUT2D eigenvalue weighted by atomic mass is 10.2. The van der Waals surface area contributed by atoms with Gasteiger partial charge in [-0.15, -0.1) is 0 Å². The summed E-state index contributed by atoms with van der Waals surface area (Å²) in [6, 6.07) is 10.6. The second-order valence-corrected chi connectivity index (χ2v) is 3.32. The highest BCUT2D eigenvalue weighted by Crippen LogP contribution is 2.22. The fourth-order valence-corrected chi connectivity index (χ4v) is 1.79. The molecule has 0 N–H and O–H groups in total. The van der Waals surface area contributed by atoms with Crippen LogP contribution in [0, 0.1) is 12.5 Å². The molecule has 0 bridgehead atoms. The van der Waals surface area contributed by atoms with Crippen molar-refractivity contribution in [2.75, 3.05) is 0 Å². The largest absolute Gasteiger partial charge is 0.401 e. The summed E-state index contributed by atoms with van der Waals surface area (Å²) in [5.41, 5.74) is 2.43. The number of allylic oxidation sites excluding steroid dienone is 2. The summed E-state index contributed by atoms with van der Waals surface area (Å²) in [5.74, 6) is 0. The van der Waals surface area contributed by atoms with Crippen LogP contribution in [0.2, 0.25) is 0 Å². The van der Waals surface area contributed by atoms with Gasteiger partial charge >= 0.3 is 0 Å². The van der Waals surface area contributed by atoms with Crippen LogP contribution >= 0.6 is 0 Å². The molecule has 0 radical (unpaired) electrons. The minimum Gasteiger partial charge on any atom is -0.401 e. The first kappa shape index (κ1) is 7.51. The molecule has 14 heavy (non-hydrogen) atoms. The molecule has 0 amide bonds. The third-order valence-electron chi connectivity index (χ3n) is 2.44. The smallest absolute Gasteiger partial charge is 0.0391 e. The molecule has 0 aliphatic carbocycles. The van der Waals surface area contributed by atoms with Crippen molar-refractivity contribution >= 4 is 23.2 Å². The minimum atomic E-state index is 1.20. The Hall–Kier alpha value is -1.89. The van der Waals surface area contributed by atoms with Gasteiger partial charge in [-0.25, -0.2) is 6.08 Å². The lowest BCUT2D eigenvalue weighted by Gasteiger charge is -2.08. The Labute approximate surface area is 83.0 Å².